The van der Waals surface area contributed by atoms with Gasteiger partial charge < -0.3 is 15.4 Å². The summed E-state index contributed by atoms with van der Waals surface area (Å²) in [5.41, 5.74) is 5.87. The molecule has 0 saturated carbocycles. The van der Waals surface area contributed by atoms with Crippen LogP contribution < -0.4 is 10.5 Å². The molecule has 1 aromatic carbocycles. The Kier molecular flexibility index (Phi) is 9.01. The molecule has 5 heteroatoms. The molecule has 0 saturated heterocycles. The maximum atomic E-state index is 12.0. The Balaban J connectivity index is 0.00000361. The van der Waals surface area contributed by atoms with Crippen molar-refractivity contribution in [3.8, 4) is 5.75 Å². The number of halogens is 1. The molecule has 114 valence electrons. The molecule has 0 spiro atoms. The Labute approximate surface area is 127 Å². The summed E-state index contributed by atoms with van der Waals surface area (Å²) in [5.74, 6) is 1.22. The number of hydrogen-bond donors (Lipinski definition) is 1. The molecule has 0 aromatic heterocycles. The average molecular weight is 301 g/mol. The number of likely N-dealkylation sites (N-methyl/N-ethyl adjacent to an activating group) is 1. The summed E-state index contributed by atoms with van der Waals surface area (Å²) in [4.78, 5) is 13.6. The second-order valence-corrected chi connectivity index (χ2v) is 5.16. The van der Waals surface area contributed by atoms with E-state index in [4.69, 9.17) is 10.5 Å². The third kappa shape index (κ3) is 6.78. The van der Waals surface area contributed by atoms with E-state index in [1.165, 1.54) is 0 Å². The van der Waals surface area contributed by atoms with Crippen LogP contribution in [-0.4, -0.2) is 37.0 Å². The van der Waals surface area contributed by atoms with Crippen LogP contribution in [-0.2, 0) is 4.79 Å². The highest BCUT2D eigenvalue weighted by Gasteiger charge is 2.18. The number of rotatable bonds is 7. The van der Waals surface area contributed by atoms with Crippen LogP contribution >= 0.6 is 12.4 Å². The van der Waals surface area contributed by atoms with Crippen molar-refractivity contribution < 1.29 is 9.53 Å². The van der Waals surface area contributed by atoms with E-state index in [9.17, 15) is 4.79 Å². The second kappa shape index (κ2) is 9.61. The molecule has 1 aromatic rings. The lowest BCUT2D eigenvalue weighted by Crippen LogP contribution is -2.43. The van der Waals surface area contributed by atoms with Crippen LogP contribution in [0.2, 0.25) is 0 Å². The molecule has 0 aliphatic heterocycles. The molecule has 20 heavy (non-hydrogen) atoms. The Morgan fingerprint density at radius 1 is 1.30 bits per heavy atom. The van der Waals surface area contributed by atoms with Gasteiger partial charge in [-0.1, -0.05) is 32.0 Å². The number of ether oxygens (including phenoxy) is 1. The zero-order valence-electron chi connectivity index (χ0n) is 12.4. The summed E-state index contributed by atoms with van der Waals surface area (Å²) >= 11 is 0. The van der Waals surface area contributed by atoms with Crippen LogP contribution in [0.3, 0.4) is 0 Å². The minimum absolute atomic E-state index is 0. The molecule has 1 rings (SSSR count). The third-order valence-electron chi connectivity index (χ3n) is 2.86. The van der Waals surface area contributed by atoms with Crippen LogP contribution in [0, 0.1) is 5.92 Å². The number of para-hydroxylation sites is 1. The minimum atomic E-state index is -0.415. The summed E-state index contributed by atoms with van der Waals surface area (Å²) in [7, 11) is 1.76. The molecule has 0 aliphatic rings. The second-order valence-electron chi connectivity index (χ2n) is 5.16. The minimum Gasteiger partial charge on any atom is -0.492 e. The molecule has 1 amide bonds. The molecule has 0 bridgehead atoms. The average Bonchev–Trinajstić information content (AvgIpc) is 2.38. The predicted octanol–water partition coefficient (Wildman–Crippen LogP) is 2.32. The number of benzene rings is 1. The third-order valence-corrected chi connectivity index (χ3v) is 2.86. The van der Waals surface area contributed by atoms with Crippen molar-refractivity contribution in [2.75, 3.05) is 20.2 Å². The normalized spacial score (nSPS) is 11.7. The molecule has 4 nitrogen and oxygen atoms in total. The highest BCUT2D eigenvalue weighted by molar-refractivity contribution is 5.85. The van der Waals surface area contributed by atoms with Gasteiger partial charge in [-0.05, 0) is 24.5 Å². The highest BCUT2D eigenvalue weighted by atomic mass is 35.5. The molecular weight excluding hydrogens is 276 g/mol. The van der Waals surface area contributed by atoms with Gasteiger partial charge in [-0.25, -0.2) is 0 Å². The lowest BCUT2D eigenvalue weighted by Gasteiger charge is -2.22. The number of nitrogens with zero attached hydrogens (tertiary/aromatic N) is 1. The first kappa shape index (κ1) is 18.7. The first-order chi connectivity index (χ1) is 9.00. The van der Waals surface area contributed by atoms with Crippen LogP contribution in [0.15, 0.2) is 30.3 Å². The fraction of sp³-hybridized carbons (Fsp3) is 0.533. The largest absolute Gasteiger partial charge is 0.492 e. The zero-order valence-corrected chi connectivity index (χ0v) is 13.2. The number of carbonyl (C=O) groups is 1. The van der Waals surface area contributed by atoms with Crippen LogP contribution in [0.5, 0.6) is 5.75 Å². The van der Waals surface area contributed by atoms with Crippen LogP contribution in [0.1, 0.15) is 20.3 Å². The lowest BCUT2D eigenvalue weighted by atomic mass is 10.0. The maximum absolute atomic E-state index is 12.0. The molecule has 1 atom stereocenters. The van der Waals surface area contributed by atoms with E-state index >= 15 is 0 Å². The lowest BCUT2D eigenvalue weighted by molar-refractivity contribution is -0.131. The first-order valence-corrected chi connectivity index (χ1v) is 6.69. The zero-order chi connectivity index (χ0) is 14.3. The van der Waals surface area contributed by atoms with Crippen molar-refractivity contribution >= 4 is 18.3 Å². The Bertz CT molecular complexity index is 385. The molecule has 0 aliphatic carbocycles. The fourth-order valence-electron chi connectivity index (χ4n) is 1.82. The summed E-state index contributed by atoms with van der Waals surface area (Å²) < 4.78 is 5.55. The van der Waals surface area contributed by atoms with Gasteiger partial charge in [-0.2, -0.15) is 0 Å². The van der Waals surface area contributed by atoms with Gasteiger partial charge in [0, 0.05) is 7.05 Å². The van der Waals surface area contributed by atoms with Gasteiger partial charge in [0.15, 0.2) is 0 Å². The monoisotopic (exact) mass is 300 g/mol. The standard InChI is InChI=1S/C15H24N2O2.ClH/c1-12(2)11-14(16)15(18)17(3)9-10-19-13-7-5-4-6-8-13;/h4-8,12,14H,9-11,16H2,1-3H3;1H/t14-;/m0./s1. The van der Waals surface area contributed by atoms with Crippen molar-refractivity contribution in [1.82, 2.24) is 4.90 Å². The highest BCUT2D eigenvalue weighted by Crippen LogP contribution is 2.08. The predicted molar refractivity (Wildman–Crippen MR) is 84.3 cm³/mol. The SMILES string of the molecule is CC(C)C[C@H](N)C(=O)N(C)CCOc1ccccc1.Cl. The fourth-order valence-corrected chi connectivity index (χ4v) is 1.82. The van der Waals surface area contributed by atoms with E-state index in [0.29, 0.717) is 25.5 Å². The van der Waals surface area contributed by atoms with Gasteiger partial charge in [0.2, 0.25) is 5.91 Å². The van der Waals surface area contributed by atoms with Gasteiger partial charge in [0.1, 0.15) is 12.4 Å². The number of amides is 1. The number of carbonyl (C=O) groups excluding carboxylic acids is 1. The van der Waals surface area contributed by atoms with Crippen molar-refractivity contribution in [2.45, 2.75) is 26.3 Å². The molecule has 0 heterocycles. The van der Waals surface area contributed by atoms with Gasteiger partial charge in [0.05, 0.1) is 12.6 Å². The Hall–Kier alpha value is -1.26. The van der Waals surface area contributed by atoms with E-state index in [2.05, 4.69) is 13.8 Å². The maximum Gasteiger partial charge on any atom is 0.239 e. The van der Waals surface area contributed by atoms with Crippen molar-refractivity contribution in [2.24, 2.45) is 11.7 Å². The summed E-state index contributed by atoms with van der Waals surface area (Å²) in [6.45, 7) is 5.14. The van der Waals surface area contributed by atoms with Crippen molar-refractivity contribution in [3.05, 3.63) is 30.3 Å². The van der Waals surface area contributed by atoms with E-state index < -0.39 is 6.04 Å². The quantitative estimate of drug-likeness (QED) is 0.841. The van der Waals surface area contributed by atoms with E-state index in [-0.39, 0.29) is 18.3 Å². The van der Waals surface area contributed by atoms with Gasteiger partial charge >= 0.3 is 0 Å². The molecule has 0 unspecified atom stereocenters. The van der Waals surface area contributed by atoms with Crippen molar-refractivity contribution in [3.63, 3.8) is 0 Å². The van der Waals surface area contributed by atoms with E-state index in [0.717, 1.165) is 5.75 Å². The van der Waals surface area contributed by atoms with E-state index in [1.807, 2.05) is 30.3 Å². The summed E-state index contributed by atoms with van der Waals surface area (Å²) in [5, 5.41) is 0. The van der Waals surface area contributed by atoms with Gasteiger partial charge in [0.25, 0.3) is 0 Å². The Morgan fingerprint density at radius 2 is 1.90 bits per heavy atom. The molecule has 0 fully saturated rings. The van der Waals surface area contributed by atoms with Gasteiger partial charge in [-0.15, -0.1) is 12.4 Å². The summed E-state index contributed by atoms with van der Waals surface area (Å²) in [6.07, 6.45) is 0.711. The van der Waals surface area contributed by atoms with E-state index in [1.54, 1.807) is 11.9 Å². The smallest absolute Gasteiger partial charge is 0.239 e. The molecule has 2 N–H and O–H groups in total. The number of nitrogens with two attached hydrogens (primary N) is 1. The first-order valence-electron chi connectivity index (χ1n) is 6.69. The van der Waals surface area contributed by atoms with Crippen LogP contribution in [0.4, 0.5) is 0 Å². The molecular formula is C15H25ClN2O2. The summed E-state index contributed by atoms with van der Waals surface area (Å²) in [6, 6.07) is 9.15. The van der Waals surface area contributed by atoms with Crippen molar-refractivity contribution in [1.29, 1.82) is 0 Å². The number of hydrogen-bond acceptors (Lipinski definition) is 3. The Morgan fingerprint density at radius 3 is 2.45 bits per heavy atom. The van der Waals surface area contributed by atoms with Gasteiger partial charge in [-0.3, -0.25) is 4.79 Å². The molecule has 0 radical (unpaired) electrons. The van der Waals surface area contributed by atoms with Crippen LogP contribution in [0.25, 0.3) is 0 Å². The topological polar surface area (TPSA) is 55.6 Å².